The zero-order chi connectivity index (χ0) is 20.0. The van der Waals surface area contributed by atoms with Crippen LogP contribution in [-0.4, -0.2) is 61.3 Å². The number of carbonyl (C=O) groups is 2. The fourth-order valence-electron chi connectivity index (χ4n) is 3.37. The molecule has 1 aliphatic rings. The molecule has 27 heavy (non-hydrogen) atoms. The number of amides is 1. The Labute approximate surface area is 161 Å². The van der Waals surface area contributed by atoms with E-state index in [9.17, 15) is 18.0 Å². The van der Waals surface area contributed by atoms with Gasteiger partial charge in [0.15, 0.2) is 0 Å². The molecule has 0 aromatic heterocycles. The van der Waals surface area contributed by atoms with Crippen LogP contribution < -0.4 is 0 Å². The zero-order valence-electron chi connectivity index (χ0n) is 15.9. The third-order valence-electron chi connectivity index (χ3n) is 5.10. The Morgan fingerprint density at radius 1 is 1.07 bits per heavy atom. The van der Waals surface area contributed by atoms with E-state index in [1.54, 1.807) is 14.1 Å². The standard InChI is InChI=1S/C19H28N2O5S/c1-20(14-6-9-18(22)23)19(24)15-10-12-17(13-11-15)27(25,26)21(2)16-7-4-3-5-8-16/h10-13,16H,3-9,14H2,1-2H3,(H,22,23). The molecule has 0 unspecified atom stereocenters. The van der Waals surface area contributed by atoms with Crippen molar-refractivity contribution in [3.8, 4) is 0 Å². The van der Waals surface area contributed by atoms with Crippen LogP contribution in [0.15, 0.2) is 29.2 Å². The Balaban J connectivity index is 2.04. The van der Waals surface area contributed by atoms with Gasteiger partial charge in [0.05, 0.1) is 4.90 Å². The van der Waals surface area contributed by atoms with E-state index in [4.69, 9.17) is 5.11 Å². The summed E-state index contributed by atoms with van der Waals surface area (Å²) >= 11 is 0. The van der Waals surface area contributed by atoms with Crippen LogP contribution in [0.25, 0.3) is 0 Å². The smallest absolute Gasteiger partial charge is 0.303 e. The second-order valence-electron chi connectivity index (χ2n) is 7.06. The quantitative estimate of drug-likeness (QED) is 0.729. The molecule has 8 heteroatoms. The first kappa shape index (κ1) is 21.4. The normalized spacial score (nSPS) is 15.7. The lowest BCUT2D eigenvalue weighted by molar-refractivity contribution is -0.137. The van der Waals surface area contributed by atoms with Gasteiger partial charge in [-0.1, -0.05) is 19.3 Å². The van der Waals surface area contributed by atoms with Crippen LogP contribution in [0.1, 0.15) is 55.3 Å². The number of sulfonamides is 1. The molecule has 0 bridgehead atoms. The first-order valence-corrected chi connectivity index (χ1v) is 10.7. The largest absolute Gasteiger partial charge is 0.481 e. The summed E-state index contributed by atoms with van der Waals surface area (Å²) in [7, 11) is -0.353. The summed E-state index contributed by atoms with van der Waals surface area (Å²) < 4.78 is 27.1. The predicted molar refractivity (Wildman–Crippen MR) is 102 cm³/mol. The van der Waals surface area contributed by atoms with Gasteiger partial charge in [-0.2, -0.15) is 4.31 Å². The molecule has 0 spiro atoms. The summed E-state index contributed by atoms with van der Waals surface area (Å²) in [5.41, 5.74) is 0.382. The Bertz CT molecular complexity index is 755. The summed E-state index contributed by atoms with van der Waals surface area (Å²) in [6.45, 7) is 0.329. The van der Waals surface area contributed by atoms with Gasteiger partial charge in [0.2, 0.25) is 10.0 Å². The van der Waals surface area contributed by atoms with E-state index < -0.39 is 16.0 Å². The third kappa shape index (κ3) is 5.52. The molecule has 0 saturated heterocycles. The lowest BCUT2D eigenvalue weighted by Gasteiger charge is -2.30. The highest BCUT2D eigenvalue weighted by atomic mass is 32.2. The van der Waals surface area contributed by atoms with Crippen LogP contribution in [0, 0.1) is 0 Å². The maximum absolute atomic E-state index is 12.8. The predicted octanol–water partition coefficient (Wildman–Crippen LogP) is 2.58. The van der Waals surface area contributed by atoms with Crippen LogP contribution in [0.4, 0.5) is 0 Å². The highest BCUT2D eigenvalue weighted by Crippen LogP contribution is 2.26. The van der Waals surface area contributed by atoms with E-state index in [2.05, 4.69) is 0 Å². The van der Waals surface area contributed by atoms with Crippen molar-refractivity contribution in [1.29, 1.82) is 0 Å². The van der Waals surface area contributed by atoms with Gasteiger partial charge in [-0.25, -0.2) is 8.42 Å². The molecule has 1 N–H and O–H groups in total. The molecule has 0 heterocycles. The SMILES string of the molecule is CN(CCCC(=O)O)C(=O)c1ccc(S(=O)(=O)N(C)C2CCCCC2)cc1. The summed E-state index contributed by atoms with van der Waals surface area (Å²) in [6, 6.07) is 5.99. The van der Waals surface area contributed by atoms with Gasteiger partial charge in [0.25, 0.3) is 5.91 Å². The van der Waals surface area contributed by atoms with Gasteiger partial charge >= 0.3 is 5.97 Å². The molecule has 0 atom stereocenters. The number of aliphatic carboxylic acids is 1. The minimum Gasteiger partial charge on any atom is -0.481 e. The van der Waals surface area contributed by atoms with Crippen molar-refractivity contribution in [3.63, 3.8) is 0 Å². The number of carbonyl (C=O) groups excluding carboxylic acids is 1. The lowest BCUT2D eigenvalue weighted by Crippen LogP contribution is -2.38. The summed E-state index contributed by atoms with van der Waals surface area (Å²) in [5.74, 6) is -1.16. The second kappa shape index (κ2) is 9.32. The Kier molecular flexibility index (Phi) is 7.38. The second-order valence-corrected chi connectivity index (χ2v) is 9.06. The minimum absolute atomic E-state index is 0.00228. The van der Waals surface area contributed by atoms with Crippen molar-refractivity contribution in [2.75, 3.05) is 20.6 Å². The minimum atomic E-state index is -3.58. The van der Waals surface area contributed by atoms with Crippen molar-refractivity contribution in [1.82, 2.24) is 9.21 Å². The first-order valence-electron chi connectivity index (χ1n) is 9.29. The van der Waals surface area contributed by atoms with E-state index in [0.29, 0.717) is 18.5 Å². The molecule has 7 nitrogen and oxygen atoms in total. The number of hydrogen-bond donors (Lipinski definition) is 1. The van der Waals surface area contributed by atoms with E-state index in [0.717, 1.165) is 32.1 Å². The molecule has 1 fully saturated rings. The lowest BCUT2D eigenvalue weighted by atomic mass is 9.96. The molecule has 0 aliphatic heterocycles. The van der Waals surface area contributed by atoms with Crippen LogP contribution in [0.5, 0.6) is 0 Å². The highest BCUT2D eigenvalue weighted by molar-refractivity contribution is 7.89. The van der Waals surface area contributed by atoms with Gasteiger partial charge in [0, 0.05) is 38.7 Å². The van der Waals surface area contributed by atoms with Crippen molar-refractivity contribution in [2.45, 2.75) is 55.9 Å². The maximum atomic E-state index is 12.8. The zero-order valence-corrected chi connectivity index (χ0v) is 16.7. The van der Waals surface area contributed by atoms with Gasteiger partial charge in [0.1, 0.15) is 0 Å². The number of hydrogen-bond acceptors (Lipinski definition) is 4. The average Bonchev–Trinajstić information content (AvgIpc) is 2.67. The van der Waals surface area contributed by atoms with E-state index in [1.165, 1.54) is 33.5 Å². The molecule has 1 aromatic rings. The molecular weight excluding hydrogens is 368 g/mol. The molecule has 1 saturated carbocycles. The number of rotatable bonds is 8. The van der Waals surface area contributed by atoms with E-state index >= 15 is 0 Å². The van der Waals surface area contributed by atoms with Crippen molar-refractivity contribution >= 4 is 21.9 Å². The maximum Gasteiger partial charge on any atom is 0.303 e. The highest BCUT2D eigenvalue weighted by Gasteiger charge is 2.29. The van der Waals surface area contributed by atoms with Crippen LogP contribution in [0.2, 0.25) is 0 Å². The monoisotopic (exact) mass is 396 g/mol. The summed E-state index contributed by atoms with van der Waals surface area (Å²) in [6.07, 6.45) is 5.39. The van der Waals surface area contributed by atoms with Crippen LogP contribution in [0.3, 0.4) is 0 Å². The molecule has 2 rings (SSSR count). The topological polar surface area (TPSA) is 95.0 Å². The number of carboxylic acid groups (broad SMARTS) is 1. The summed E-state index contributed by atoms with van der Waals surface area (Å²) in [5, 5.41) is 8.66. The molecule has 1 aromatic carbocycles. The van der Waals surface area contributed by atoms with Gasteiger partial charge < -0.3 is 10.0 Å². The fraction of sp³-hybridized carbons (Fsp3) is 0.579. The molecular formula is C19H28N2O5S. The molecule has 0 radical (unpaired) electrons. The number of nitrogens with zero attached hydrogens (tertiary/aromatic N) is 2. The Morgan fingerprint density at radius 3 is 2.22 bits per heavy atom. The van der Waals surface area contributed by atoms with Gasteiger partial charge in [-0.15, -0.1) is 0 Å². The van der Waals surface area contributed by atoms with Crippen molar-refractivity contribution in [3.05, 3.63) is 29.8 Å². The molecule has 150 valence electrons. The Hall–Kier alpha value is -1.93. The molecule has 1 aliphatic carbocycles. The average molecular weight is 397 g/mol. The van der Waals surface area contributed by atoms with Gasteiger partial charge in [-0.3, -0.25) is 9.59 Å². The Morgan fingerprint density at radius 2 is 1.67 bits per heavy atom. The third-order valence-corrected chi connectivity index (χ3v) is 7.02. The fourth-order valence-corrected chi connectivity index (χ4v) is 4.78. The van der Waals surface area contributed by atoms with E-state index in [-0.39, 0.29) is 23.3 Å². The number of carboxylic acids is 1. The van der Waals surface area contributed by atoms with Crippen molar-refractivity contribution in [2.24, 2.45) is 0 Å². The first-order chi connectivity index (χ1) is 12.7. The van der Waals surface area contributed by atoms with Gasteiger partial charge in [-0.05, 0) is 43.5 Å². The summed E-state index contributed by atoms with van der Waals surface area (Å²) in [4.78, 5) is 24.6. The van der Waals surface area contributed by atoms with Crippen LogP contribution in [-0.2, 0) is 14.8 Å². The van der Waals surface area contributed by atoms with E-state index in [1.807, 2.05) is 0 Å². The molecule has 1 amide bonds. The number of benzene rings is 1. The van der Waals surface area contributed by atoms with Crippen LogP contribution >= 0.6 is 0 Å². The van der Waals surface area contributed by atoms with Crippen molar-refractivity contribution < 1.29 is 23.1 Å².